The molecular weight excluding hydrogens is 630 g/mol. The van der Waals surface area contributed by atoms with Crippen LogP contribution in [0, 0.1) is 13.8 Å². The number of carbonyl (C=O) groups excluding carboxylic acids is 1. The molecule has 1 aliphatic heterocycles. The summed E-state index contributed by atoms with van der Waals surface area (Å²) in [4.78, 5) is 23.7. The van der Waals surface area contributed by atoms with E-state index in [4.69, 9.17) is 9.40 Å². The molecule has 0 saturated carbocycles. The molecule has 47 heavy (non-hydrogen) atoms. The first kappa shape index (κ1) is 33.7. The number of urea groups is 1. The molecule has 1 fully saturated rings. The number of anilines is 1. The molecule has 0 unspecified atom stereocenters. The van der Waals surface area contributed by atoms with Gasteiger partial charge in [0.05, 0.1) is 28.2 Å². The zero-order valence-corrected chi connectivity index (χ0v) is 25.8. The maximum Gasteiger partial charge on any atom is 0.573 e. The molecule has 0 spiro atoms. The summed E-state index contributed by atoms with van der Waals surface area (Å²) in [5, 5.41) is 11.0. The van der Waals surface area contributed by atoms with Gasteiger partial charge in [-0.15, -0.1) is 23.4 Å². The molecule has 5 rings (SSSR count). The number of nitrogens with zero attached hydrogens (tertiary/aromatic N) is 5. The summed E-state index contributed by atoms with van der Waals surface area (Å²) in [5.41, 5.74) is 1.83. The highest BCUT2D eigenvalue weighted by Gasteiger charge is 2.36. The number of allylic oxidation sites excluding steroid dienone is 6. The van der Waals surface area contributed by atoms with E-state index < -0.39 is 29.9 Å². The van der Waals surface area contributed by atoms with Crippen molar-refractivity contribution in [1.29, 1.82) is 0 Å². The third-order valence-electron chi connectivity index (χ3n) is 7.95. The molecule has 1 aliphatic carbocycles. The number of carbonyl (C=O) groups is 1. The molecule has 2 aliphatic rings. The molecule has 3 aromatic rings. The van der Waals surface area contributed by atoms with E-state index in [1.165, 1.54) is 35.3 Å². The Hall–Kier alpha value is -4.69. The lowest BCUT2D eigenvalue weighted by molar-refractivity contribution is -0.274. The largest absolute Gasteiger partial charge is 0.573 e. The predicted octanol–water partition coefficient (Wildman–Crippen LogP) is 8.46. The number of aromatic nitrogens is 4. The van der Waals surface area contributed by atoms with Crippen LogP contribution in [-0.2, 0) is 0 Å². The maximum absolute atomic E-state index is 13.5. The number of amides is 2. The SMILES string of the molecule is CCC1=CC=C(c2nnc(-c3c(C)nc(C)nc3C3CCN(C(=O)Nc4ccccc4OC(F)(F)F)CC3)o2)CCC=C1C(F)(F)F. The minimum absolute atomic E-state index is 0.105. The summed E-state index contributed by atoms with van der Waals surface area (Å²) >= 11 is 0. The Kier molecular flexibility index (Phi) is 9.73. The van der Waals surface area contributed by atoms with E-state index in [1.807, 2.05) is 0 Å². The second-order valence-electron chi connectivity index (χ2n) is 11.2. The number of benzene rings is 1. The number of nitrogens with one attached hydrogen (secondary N) is 1. The first-order chi connectivity index (χ1) is 22.2. The smallest absolute Gasteiger partial charge is 0.416 e. The highest BCUT2D eigenvalue weighted by Crippen LogP contribution is 2.38. The molecule has 1 aromatic carbocycles. The second kappa shape index (κ2) is 13.6. The van der Waals surface area contributed by atoms with Gasteiger partial charge in [-0.3, -0.25) is 0 Å². The summed E-state index contributed by atoms with van der Waals surface area (Å²) in [7, 11) is 0. The summed E-state index contributed by atoms with van der Waals surface area (Å²) in [6.45, 7) is 5.79. The minimum atomic E-state index is -4.91. The third kappa shape index (κ3) is 8.00. The van der Waals surface area contributed by atoms with Gasteiger partial charge in [0, 0.05) is 24.6 Å². The molecule has 9 nitrogen and oxygen atoms in total. The Morgan fingerprint density at radius 2 is 1.72 bits per heavy atom. The summed E-state index contributed by atoms with van der Waals surface area (Å²) in [5.74, 6) is 0.228. The summed E-state index contributed by atoms with van der Waals surface area (Å²) in [6.07, 6.45) is -3.56. The quantitative estimate of drug-likeness (QED) is 0.264. The number of rotatable bonds is 6. The number of hydrogen-bond acceptors (Lipinski definition) is 7. The molecule has 250 valence electrons. The lowest BCUT2D eigenvalue weighted by Gasteiger charge is -2.32. The van der Waals surface area contributed by atoms with Crippen LogP contribution in [0.2, 0.25) is 0 Å². The van der Waals surface area contributed by atoms with Crippen molar-refractivity contribution in [2.45, 2.75) is 71.3 Å². The number of piperidine rings is 1. The van der Waals surface area contributed by atoms with Gasteiger partial charge in [-0.25, -0.2) is 14.8 Å². The highest BCUT2D eigenvalue weighted by molar-refractivity contribution is 5.91. The van der Waals surface area contributed by atoms with Crippen LogP contribution in [0.3, 0.4) is 0 Å². The fraction of sp³-hybridized carbons (Fsp3) is 0.406. The van der Waals surface area contributed by atoms with Crippen LogP contribution in [0.15, 0.2) is 58.1 Å². The van der Waals surface area contributed by atoms with Crippen LogP contribution in [0.1, 0.15) is 68.0 Å². The average Bonchev–Trinajstić information content (AvgIpc) is 3.46. The number of alkyl halides is 6. The molecule has 1 N–H and O–H groups in total. The maximum atomic E-state index is 13.5. The standard InChI is InChI=1S/C32H32F6N6O3/c1-4-20-12-13-22(8-7-9-23(20)31(33,34)35)28-42-43-29(46-28)26-18(2)39-19(3)40-27(26)21-14-16-44(17-15-21)30(45)41-24-10-5-6-11-25(24)47-32(36,37)38/h5-6,9-13,21H,4,7-8,14-17H2,1-3H3,(H,41,45). The molecule has 1 saturated heterocycles. The van der Waals surface area contributed by atoms with E-state index in [0.29, 0.717) is 54.3 Å². The minimum Gasteiger partial charge on any atom is -0.416 e. The first-order valence-electron chi connectivity index (χ1n) is 15.0. The van der Waals surface area contributed by atoms with Crippen LogP contribution < -0.4 is 10.1 Å². The molecule has 2 amide bonds. The third-order valence-corrected chi connectivity index (χ3v) is 7.95. The van der Waals surface area contributed by atoms with Crippen molar-refractivity contribution in [3.8, 4) is 17.2 Å². The lowest BCUT2D eigenvalue weighted by atomic mass is 9.90. The molecule has 0 bridgehead atoms. The topological polar surface area (TPSA) is 106 Å². The molecule has 0 radical (unpaired) electrons. The molecule has 3 heterocycles. The van der Waals surface area contributed by atoms with E-state index in [1.54, 1.807) is 26.8 Å². The molecular formula is C32H32F6N6O3. The van der Waals surface area contributed by atoms with Crippen molar-refractivity contribution < 1.29 is 40.3 Å². The van der Waals surface area contributed by atoms with Gasteiger partial charge in [0.15, 0.2) is 5.75 Å². The Bertz CT molecular complexity index is 1720. The van der Waals surface area contributed by atoms with Gasteiger partial charge in [0.1, 0.15) is 5.82 Å². The van der Waals surface area contributed by atoms with Gasteiger partial charge < -0.3 is 19.4 Å². The van der Waals surface area contributed by atoms with Crippen molar-refractivity contribution in [2.75, 3.05) is 18.4 Å². The van der Waals surface area contributed by atoms with Crippen molar-refractivity contribution in [1.82, 2.24) is 25.1 Å². The van der Waals surface area contributed by atoms with Gasteiger partial charge in [0.2, 0.25) is 5.89 Å². The summed E-state index contributed by atoms with van der Waals surface area (Å²) < 4.78 is 89.2. The normalized spacial score (nSPS) is 16.5. The molecule has 15 heteroatoms. The van der Waals surface area contributed by atoms with E-state index in [0.717, 1.165) is 6.07 Å². The van der Waals surface area contributed by atoms with Gasteiger partial charge in [-0.1, -0.05) is 37.3 Å². The average molecular weight is 663 g/mol. The van der Waals surface area contributed by atoms with E-state index in [9.17, 15) is 31.1 Å². The van der Waals surface area contributed by atoms with Gasteiger partial charge >= 0.3 is 18.6 Å². The van der Waals surface area contributed by atoms with Crippen molar-refractivity contribution in [2.24, 2.45) is 0 Å². The van der Waals surface area contributed by atoms with E-state index in [-0.39, 0.29) is 48.2 Å². The zero-order chi connectivity index (χ0) is 33.9. The number of hydrogen-bond donors (Lipinski definition) is 1. The summed E-state index contributed by atoms with van der Waals surface area (Å²) in [6, 6.07) is 4.74. The fourth-order valence-electron chi connectivity index (χ4n) is 5.75. The monoisotopic (exact) mass is 662 g/mol. The fourth-order valence-corrected chi connectivity index (χ4v) is 5.75. The van der Waals surface area contributed by atoms with Crippen LogP contribution in [-0.4, -0.2) is 56.7 Å². The molecule has 2 aromatic heterocycles. The lowest BCUT2D eigenvalue weighted by Crippen LogP contribution is -2.41. The van der Waals surface area contributed by atoms with Crippen LogP contribution in [0.4, 0.5) is 36.8 Å². The molecule has 0 atom stereocenters. The van der Waals surface area contributed by atoms with Gasteiger partial charge in [-0.05, 0) is 63.7 Å². The highest BCUT2D eigenvalue weighted by atomic mass is 19.4. The predicted molar refractivity (Wildman–Crippen MR) is 160 cm³/mol. The van der Waals surface area contributed by atoms with Crippen molar-refractivity contribution in [3.63, 3.8) is 0 Å². The van der Waals surface area contributed by atoms with E-state index in [2.05, 4.69) is 25.2 Å². The van der Waals surface area contributed by atoms with Gasteiger partial charge in [0.25, 0.3) is 5.89 Å². The number of para-hydroxylation sites is 2. The first-order valence-corrected chi connectivity index (χ1v) is 15.0. The van der Waals surface area contributed by atoms with Crippen molar-refractivity contribution >= 4 is 17.3 Å². The number of aryl methyl sites for hydroxylation is 2. The Labute approximate surface area is 266 Å². The van der Waals surface area contributed by atoms with Crippen LogP contribution >= 0.6 is 0 Å². The van der Waals surface area contributed by atoms with E-state index >= 15 is 0 Å². The Morgan fingerprint density at radius 1 is 1.02 bits per heavy atom. The number of ether oxygens (including phenoxy) is 1. The number of likely N-dealkylation sites (tertiary alicyclic amines) is 1. The van der Waals surface area contributed by atoms with Gasteiger partial charge in [-0.2, -0.15) is 13.2 Å². The Morgan fingerprint density at radius 3 is 2.40 bits per heavy atom. The van der Waals surface area contributed by atoms with Crippen molar-refractivity contribution in [3.05, 3.63) is 76.7 Å². The zero-order valence-electron chi connectivity index (χ0n) is 25.8. The Balaban J connectivity index is 1.33. The number of halogens is 6. The van der Waals surface area contributed by atoms with Crippen LogP contribution in [0.25, 0.3) is 17.0 Å². The van der Waals surface area contributed by atoms with Crippen LogP contribution in [0.5, 0.6) is 5.75 Å². The second-order valence-corrected chi connectivity index (χ2v) is 11.2.